The van der Waals surface area contributed by atoms with Crippen LogP contribution >= 0.6 is 0 Å². The Bertz CT molecular complexity index is 1420. The van der Waals surface area contributed by atoms with Crippen molar-refractivity contribution in [3.8, 4) is 0 Å². The summed E-state index contributed by atoms with van der Waals surface area (Å²) in [6.45, 7) is 6.37. The van der Waals surface area contributed by atoms with Crippen molar-refractivity contribution in [3.05, 3.63) is 109 Å². The second-order valence-corrected chi connectivity index (χ2v) is 18.4. The quantitative estimate of drug-likeness (QED) is 0.0262. The number of unbranched alkanes of at least 4 members (excludes halogenated alkanes) is 21. The van der Waals surface area contributed by atoms with Gasteiger partial charge in [0.15, 0.2) is 6.10 Å². The highest BCUT2D eigenvalue weighted by Gasteiger charge is 2.19. The van der Waals surface area contributed by atoms with E-state index in [0.717, 1.165) is 135 Å². The molecule has 0 aromatic rings. The summed E-state index contributed by atoms with van der Waals surface area (Å²) in [6, 6.07) is 0. The van der Waals surface area contributed by atoms with Gasteiger partial charge in [0.25, 0.3) is 0 Å². The lowest BCUT2D eigenvalue weighted by Gasteiger charge is -2.18. The summed E-state index contributed by atoms with van der Waals surface area (Å²) in [7, 11) is 0. The van der Waals surface area contributed by atoms with Gasteiger partial charge < -0.3 is 14.2 Å². The Morgan fingerprint density at radius 2 is 0.565 bits per heavy atom. The third kappa shape index (κ3) is 54.9. The third-order valence-corrected chi connectivity index (χ3v) is 11.8. The van der Waals surface area contributed by atoms with Gasteiger partial charge in [-0.3, -0.25) is 14.4 Å². The zero-order valence-corrected chi connectivity index (χ0v) is 44.8. The van der Waals surface area contributed by atoms with E-state index in [-0.39, 0.29) is 31.1 Å². The first-order chi connectivity index (χ1) is 34.0. The molecule has 0 bridgehead atoms. The molecule has 0 saturated heterocycles. The predicted octanol–water partition coefficient (Wildman–Crippen LogP) is 19.1. The zero-order chi connectivity index (χ0) is 50.0. The first-order valence-corrected chi connectivity index (χ1v) is 28.4. The van der Waals surface area contributed by atoms with Gasteiger partial charge in [-0.15, -0.1) is 0 Å². The average Bonchev–Trinajstić information content (AvgIpc) is 3.35. The molecule has 0 N–H and O–H groups in total. The van der Waals surface area contributed by atoms with Crippen LogP contribution in [0.15, 0.2) is 109 Å². The fourth-order valence-electron chi connectivity index (χ4n) is 7.58. The van der Waals surface area contributed by atoms with Crippen molar-refractivity contribution < 1.29 is 28.6 Å². The summed E-state index contributed by atoms with van der Waals surface area (Å²) in [5.74, 6) is -0.916. The van der Waals surface area contributed by atoms with Gasteiger partial charge in [0.1, 0.15) is 13.2 Å². The minimum atomic E-state index is -0.790. The van der Waals surface area contributed by atoms with E-state index < -0.39 is 6.10 Å². The van der Waals surface area contributed by atoms with Gasteiger partial charge in [-0.1, -0.05) is 239 Å². The molecule has 69 heavy (non-hydrogen) atoms. The van der Waals surface area contributed by atoms with Crippen LogP contribution in [0.5, 0.6) is 0 Å². The van der Waals surface area contributed by atoms with Crippen molar-refractivity contribution >= 4 is 17.9 Å². The van der Waals surface area contributed by atoms with Gasteiger partial charge in [0, 0.05) is 19.3 Å². The Hall–Kier alpha value is -3.93. The van der Waals surface area contributed by atoms with Crippen molar-refractivity contribution in [1.29, 1.82) is 0 Å². The maximum absolute atomic E-state index is 12.8. The van der Waals surface area contributed by atoms with Crippen molar-refractivity contribution in [2.24, 2.45) is 0 Å². The molecule has 0 aromatic heterocycles. The maximum atomic E-state index is 12.8. The molecule has 1 atom stereocenters. The Morgan fingerprint density at radius 3 is 0.884 bits per heavy atom. The molecule has 392 valence electrons. The Morgan fingerprint density at radius 1 is 0.304 bits per heavy atom. The number of hydrogen-bond acceptors (Lipinski definition) is 6. The highest BCUT2D eigenvalue weighted by Crippen LogP contribution is 2.14. The molecule has 6 heteroatoms. The molecule has 0 amide bonds. The van der Waals surface area contributed by atoms with Gasteiger partial charge in [-0.25, -0.2) is 0 Å². The number of ether oxygens (including phenoxy) is 3. The average molecular weight is 958 g/mol. The molecule has 0 aliphatic heterocycles. The van der Waals surface area contributed by atoms with Crippen LogP contribution < -0.4 is 0 Å². The number of carbonyl (C=O) groups is 3. The van der Waals surface area contributed by atoms with E-state index >= 15 is 0 Å². The van der Waals surface area contributed by atoms with Gasteiger partial charge in [-0.05, 0) is 103 Å². The van der Waals surface area contributed by atoms with Crippen LogP contribution in [0.3, 0.4) is 0 Å². The zero-order valence-electron chi connectivity index (χ0n) is 44.8. The van der Waals surface area contributed by atoms with Crippen LogP contribution in [0, 0.1) is 0 Å². The molecule has 0 saturated carbocycles. The molecule has 0 radical (unpaired) electrons. The van der Waals surface area contributed by atoms with E-state index in [0.29, 0.717) is 19.3 Å². The number of carbonyl (C=O) groups excluding carboxylic acids is 3. The van der Waals surface area contributed by atoms with Crippen molar-refractivity contribution in [3.63, 3.8) is 0 Å². The van der Waals surface area contributed by atoms with E-state index in [2.05, 4.69) is 130 Å². The molecular weight excluding hydrogens is 853 g/mol. The number of hydrogen-bond donors (Lipinski definition) is 0. The van der Waals surface area contributed by atoms with Crippen LogP contribution in [0.1, 0.15) is 252 Å². The largest absolute Gasteiger partial charge is 0.462 e. The van der Waals surface area contributed by atoms with Gasteiger partial charge >= 0.3 is 17.9 Å². The van der Waals surface area contributed by atoms with Crippen LogP contribution in [0.2, 0.25) is 0 Å². The van der Waals surface area contributed by atoms with Gasteiger partial charge in [-0.2, -0.15) is 0 Å². The summed E-state index contributed by atoms with van der Waals surface area (Å²) in [4.78, 5) is 38.1. The van der Waals surface area contributed by atoms with Crippen LogP contribution in [-0.2, 0) is 28.6 Å². The first-order valence-electron chi connectivity index (χ1n) is 28.4. The van der Waals surface area contributed by atoms with Crippen molar-refractivity contribution in [2.75, 3.05) is 13.2 Å². The fraction of sp³-hybridized carbons (Fsp3) is 0.667. The molecule has 0 fully saturated rings. The molecule has 0 aliphatic rings. The van der Waals surface area contributed by atoms with Gasteiger partial charge in [0.2, 0.25) is 0 Å². The first kappa shape index (κ1) is 65.1. The lowest BCUT2D eigenvalue weighted by Crippen LogP contribution is -2.30. The maximum Gasteiger partial charge on any atom is 0.306 e. The summed E-state index contributed by atoms with van der Waals surface area (Å²) in [5.41, 5.74) is 0. The smallest absolute Gasteiger partial charge is 0.306 e. The highest BCUT2D eigenvalue weighted by atomic mass is 16.6. The summed E-state index contributed by atoms with van der Waals surface area (Å²) in [6.07, 6.45) is 76.5. The van der Waals surface area contributed by atoms with E-state index in [1.54, 1.807) is 0 Å². The molecule has 0 rings (SSSR count). The molecular formula is C63H104O6. The highest BCUT2D eigenvalue weighted by molar-refractivity contribution is 5.71. The standard InChI is InChI=1S/C63H104O6/c1-4-7-10-13-16-19-21-23-25-27-29-30-31-32-34-35-37-39-41-44-47-50-53-56-62(65)68-59-60(58-67-61(64)55-52-49-46-43-18-15-12-9-6-3)69-63(66)57-54-51-48-45-42-40-38-36-33-28-26-24-22-20-17-14-11-8-5-2/h7-8,10-11,16-17,19-20,23-26,29-30,32-34,36,60H,4-6,9,12-15,18,21-22,27-28,31,35,37-59H2,1-3H3/b10-7-,11-8-,19-16-,20-17-,25-23-,26-24-,30-29-,34-32-,36-33-. The molecule has 0 heterocycles. The van der Waals surface area contributed by atoms with Crippen molar-refractivity contribution in [1.82, 2.24) is 0 Å². The topological polar surface area (TPSA) is 78.9 Å². The van der Waals surface area contributed by atoms with E-state index in [1.165, 1.54) is 77.0 Å². The molecule has 6 nitrogen and oxygen atoms in total. The van der Waals surface area contributed by atoms with Crippen LogP contribution in [0.4, 0.5) is 0 Å². The lowest BCUT2D eigenvalue weighted by molar-refractivity contribution is -0.167. The third-order valence-electron chi connectivity index (χ3n) is 11.8. The van der Waals surface area contributed by atoms with E-state index in [9.17, 15) is 14.4 Å². The monoisotopic (exact) mass is 957 g/mol. The number of allylic oxidation sites excluding steroid dienone is 18. The molecule has 0 aliphatic carbocycles. The fourth-order valence-corrected chi connectivity index (χ4v) is 7.58. The SMILES string of the molecule is CC/C=C\C/C=C\C/C=C\C/C=C\C/C=C\CCCCCCCCCC(=O)OCC(COC(=O)CCCCCCCCCCC)OC(=O)CCCCCCCC/C=C\C/C=C\C/C=C\C/C=C\CC. The Balaban J connectivity index is 4.34. The molecule has 1 unspecified atom stereocenters. The van der Waals surface area contributed by atoms with Gasteiger partial charge in [0.05, 0.1) is 0 Å². The minimum Gasteiger partial charge on any atom is -0.462 e. The lowest BCUT2D eigenvalue weighted by atomic mass is 10.1. The summed E-state index contributed by atoms with van der Waals surface area (Å²) in [5, 5.41) is 0. The van der Waals surface area contributed by atoms with Crippen LogP contribution in [0.25, 0.3) is 0 Å². The summed E-state index contributed by atoms with van der Waals surface area (Å²) >= 11 is 0. The van der Waals surface area contributed by atoms with E-state index in [1.807, 2.05) is 0 Å². The normalized spacial score (nSPS) is 12.9. The number of rotatable bonds is 50. The second-order valence-electron chi connectivity index (χ2n) is 18.4. The van der Waals surface area contributed by atoms with Crippen LogP contribution in [-0.4, -0.2) is 37.2 Å². The number of esters is 3. The minimum absolute atomic E-state index is 0.0877. The molecule has 0 aromatic carbocycles. The Kier molecular flexibility index (Phi) is 53.4. The predicted molar refractivity (Wildman–Crippen MR) is 297 cm³/mol. The van der Waals surface area contributed by atoms with E-state index in [4.69, 9.17) is 14.2 Å². The summed E-state index contributed by atoms with van der Waals surface area (Å²) < 4.78 is 16.8. The second kappa shape index (κ2) is 56.7. The molecule has 0 spiro atoms. The van der Waals surface area contributed by atoms with Crippen molar-refractivity contribution in [2.45, 2.75) is 258 Å². The Labute approximate surface area is 425 Å².